The summed E-state index contributed by atoms with van der Waals surface area (Å²) in [7, 11) is 0. The van der Waals surface area contributed by atoms with E-state index in [1.54, 1.807) is 0 Å². The van der Waals surface area contributed by atoms with Crippen molar-refractivity contribution >= 4 is 5.97 Å². The Bertz CT molecular complexity index is 324. The van der Waals surface area contributed by atoms with Gasteiger partial charge in [-0.3, -0.25) is 0 Å². The van der Waals surface area contributed by atoms with E-state index < -0.39 is 5.97 Å². The maximum atomic E-state index is 10.2. The predicted octanol–water partition coefficient (Wildman–Crippen LogP) is 4.85. The second-order valence-corrected chi connectivity index (χ2v) is 4.62. The van der Waals surface area contributed by atoms with Crippen molar-refractivity contribution in [2.45, 2.75) is 58.8 Å². The van der Waals surface area contributed by atoms with Crippen LogP contribution in [-0.4, -0.2) is 16.2 Å². The number of aromatic hydroxyl groups is 1. The number of rotatable bonds is 7. The van der Waals surface area contributed by atoms with E-state index in [1.807, 2.05) is 0 Å². The molecule has 0 radical (unpaired) electrons. The molecular weight excluding hydrogens is 240 g/mol. The zero-order chi connectivity index (χ0) is 14.5. The standard InChI is InChI=1S/C9H20.C7H6O3/c1-3-5-7-9-8-6-4-2;8-6-3-1-5(2-4-6)7(9)10/h3-9H2,1-2H3;1-4,8H,(H,9,10). The van der Waals surface area contributed by atoms with Gasteiger partial charge in [0.15, 0.2) is 0 Å². The molecule has 1 aromatic carbocycles. The normalized spacial score (nSPS) is 9.58. The lowest BCUT2D eigenvalue weighted by Crippen LogP contribution is -1.93. The Morgan fingerprint density at radius 1 is 0.895 bits per heavy atom. The topological polar surface area (TPSA) is 57.5 Å². The smallest absolute Gasteiger partial charge is 0.335 e. The van der Waals surface area contributed by atoms with Gasteiger partial charge in [0.1, 0.15) is 5.75 Å². The number of benzene rings is 1. The Kier molecular flexibility index (Phi) is 10.7. The molecule has 0 saturated heterocycles. The average molecular weight is 266 g/mol. The average Bonchev–Trinajstić information content (AvgIpc) is 2.40. The van der Waals surface area contributed by atoms with Gasteiger partial charge in [0.25, 0.3) is 0 Å². The molecule has 19 heavy (non-hydrogen) atoms. The summed E-state index contributed by atoms with van der Waals surface area (Å²) in [5.41, 5.74) is 0.179. The number of phenols is 1. The maximum absolute atomic E-state index is 10.2. The number of phenolic OH excluding ortho intramolecular Hbond substituents is 1. The summed E-state index contributed by atoms with van der Waals surface area (Å²) < 4.78 is 0. The van der Waals surface area contributed by atoms with Crippen LogP contribution in [-0.2, 0) is 0 Å². The highest BCUT2D eigenvalue weighted by molar-refractivity contribution is 5.87. The first-order chi connectivity index (χ1) is 9.11. The van der Waals surface area contributed by atoms with Gasteiger partial charge in [0.2, 0.25) is 0 Å². The molecule has 0 amide bonds. The summed E-state index contributed by atoms with van der Waals surface area (Å²) in [4.78, 5) is 10.2. The second kappa shape index (κ2) is 11.6. The Labute approximate surface area is 116 Å². The molecular formula is C16H26O3. The fourth-order valence-electron chi connectivity index (χ4n) is 1.63. The van der Waals surface area contributed by atoms with Crippen molar-refractivity contribution in [1.82, 2.24) is 0 Å². The number of hydrogen-bond acceptors (Lipinski definition) is 2. The molecule has 1 rings (SSSR count). The van der Waals surface area contributed by atoms with Gasteiger partial charge < -0.3 is 10.2 Å². The minimum atomic E-state index is -0.986. The maximum Gasteiger partial charge on any atom is 0.335 e. The van der Waals surface area contributed by atoms with Gasteiger partial charge in [-0.15, -0.1) is 0 Å². The molecule has 0 aliphatic rings. The Morgan fingerprint density at radius 2 is 1.32 bits per heavy atom. The molecule has 0 aliphatic heterocycles. The van der Waals surface area contributed by atoms with Crippen LogP contribution in [0.15, 0.2) is 24.3 Å². The van der Waals surface area contributed by atoms with Crippen LogP contribution >= 0.6 is 0 Å². The molecule has 0 bridgehead atoms. The van der Waals surface area contributed by atoms with E-state index in [4.69, 9.17) is 10.2 Å². The third-order valence-corrected chi connectivity index (χ3v) is 2.82. The highest BCUT2D eigenvalue weighted by atomic mass is 16.4. The summed E-state index contributed by atoms with van der Waals surface area (Å²) in [6.07, 6.45) is 9.97. The summed E-state index contributed by atoms with van der Waals surface area (Å²) in [6, 6.07) is 5.36. The highest BCUT2D eigenvalue weighted by Gasteiger charge is 1.99. The minimum Gasteiger partial charge on any atom is -0.508 e. The van der Waals surface area contributed by atoms with Crippen LogP contribution in [0.4, 0.5) is 0 Å². The first kappa shape index (κ1) is 17.5. The predicted molar refractivity (Wildman–Crippen MR) is 78.7 cm³/mol. The van der Waals surface area contributed by atoms with Crippen molar-refractivity contribution in [3.63, 3.8) is 0 Å². The van der Waals surface area contributed by atoms with Crippen molar-refractivity contribution in [3.8, 4) is 5.75 Å². The van der Waals surface area contributed by atoms with Crippen LogP contribution in [0.2, 0.25) is 0 Å². The summed E-state index contributed by atoms with van der Waals surface area (Å²) in [5, 5.41) is 17.1. The Hall–Kier alpha value is -1.51. The number of aromatic carboxylic acids is 1. The molecule has 0 heterocycles. The molecule has 108 valence electrons. The van der Waals surface area contributed by atoms with E-state index >= 15 is 0 Å². The lowest BCUT2D eigenvalue weighted by atomic mass is 10.1. The summed E-state index contributed by atoms with van der Waals surface area (Å²) in [5.74, 6) is -0.912. The molecule has 0 aromatic heterocycles. The van der Waals surface area contributed by atoms with Crippen LogP contribution in [0.3, 0.4) is 0 Å². The second-order valence-electron chi connectivity index (χ2n) is 4.62. The number of carbonyl (C=O) groups is 1. The molecule has 2 N–H and O–H groups in total. The third kappa shape index (κ3) is 10.1. The third-order valence-electron chi connectivity index (χ3n) is 2.82. The number of carboxylic acids is 1. The van der Waals surface area contributed by atoms with Crippen molar-refractivity contribution in [3.05, 3.63) is 29.8 Å². The molecule has 0 atom stereocenters. The SMILES string of the molecule is CCCCCCCCC.O=C(O)c1ccc(O)cc1. The molecule has 3 nitrogen and oxygen atoms in total. The fourth-order valence-corrected chi connectivity index (χ4v) is 1.63. The van der Waals surface area contributed by atoms with Crippen LogP contribution < -0.4 is 0 Å². The van der Waals surface area contributed by atoms with Crippen molar-refractivity contribution in [2.24, 2.45) is 0 Å². The van der Waals surface area contributed by atoms with E-state index in [0.717, 1.165) is 0 Å². The fraction of sp³-hybridized carbons (Fsp3) is 0.562. The van der Waals surface area contributed by atoms with Gasteiger partial charge in [-0.2, -0.15) is 0 Å². The Morgan fingerprint density at radius 3 is 1.68 bits per heavy atom. The lowest BCUT2D eigenvalue weighted by Gasteiger charge is -1.96. The minimum absolute atomic E-state index is 0.0741. The van der Waals surface area contributed by atoms with E-state index in [0.29, 0.717) is 0 Å². The number of unbranched alkanes of at least 4 members (excludes halogenated alkanes) is 6. The van der Waals surface area contributed by atoms with Crippen LogP contribution in [0.5, 0.6) is 5.75 Å². The van der Waals surface area contributed by atoms with Gasteiger partial charge in [-0.1, -0.05) is 58.8 Å². The van der Waals surface area contributed by atoms with Gasteiger partial charge in [-0.25, -0.2) is 4.79 Å². The quantitative estimate of drug-likeness (QED) is 0.694. The first-order valence-electron chi connectivity index (χ1n) is 7.14. The van der Waals surface area contributed by atoms with Crippen molar-refractivity contribution in [1.29, 1.82) is 0 Å². The molecule has 0 unspecified atom stereocenters. The Balaban J connectivity index is 0.000000344. The van der Waals surface area contributed by atoms with Gasteiger partial charge >= 0.3 is 5.97 Å². The number of hydrogen-bond donors (Lipinski definition) is 2. The molecule has 0 fully saturated rings. The van der Waals surface area contributed by atoms with Gasteiger partial charge in [-0.05, 0) is 24.3 Å². The molecule has 3 heteroatoms. The molecule has 1 aromatic rings. The van der Waals surface area contributed by atoms with Crippen LogP contribution in [0, 0.1) is 0 Å². The summed E-state index contributed by atoms with van der Waals surface area (Å²) in [6.45, 7) is 4.53. The molecule has 0 spiro atoms. The monoisotopic (exact) mass is 266 g/mol. The first-order valence-corrected chi connectivity index (χ1v) is 7.14. The van der Waals surface area contributed by atoms with E-state index in [9.17, 15) is 4.79 Å². The highest BCUT2D eigenvalue weighted by Crippen LogP contribution is 2.08. The van der Waals surface area contributed by atoms with Crippen LogP contribution in [0.1, 0.15) is 69.2 Å². The van der Waals surface area contributed by atoms with Gasteiger partial charge in [0, 0.05) is 0 Å². The molecule has 0 aliphatic carbocycles. The van der Waals surface area contributed by atoms with E-state index in [1.165, 1.54) is 69.2 Å². The zero-order valence-corrected chi connectivity index (χ0v) is 12.1. The van der Waals surface area contributed by atoms with Crippen LogP contribution in [0.25, 0.3) is 0 Å². The van der Waals surface area contributed by atoms with E-state index in [2.05, 4.69) is 13.8 Å². The van der Waals surface area contributed by atoms with Crippen molar-refractivity contribution < 1.29 is 15.0 Å². The number of carboxylic acid groups (broad SMARTS) is 1. The van der Waals surface area contributed by atoms with E-state index in [-0.39, 0.29) is 11.3 Å². The van der Waals surface area contributed by atoms with Gasteiger partial charge in [0.05, 0.1) is 5.56 Å². The largest absolute Gasteiger partial charge is 0.508 e. The molecule has 0 saturated carbocycles. The summed E-state index contributed by atoms with van der Waals surface area (Å²) >= 11 is 0. The lowest BCUT2D eigenvalue weighted by molar-refractivity contribution is 0.0697. The zero-order valence-electron chi connectivity index (χ0n) is 12.1. The van der Waals surface area contributed by atoms with Crippen molar-refractivity contribution in [2.75, 3.05) is 0 Å².